The summed E-state index contributed by atoms with van der Waals surface area (Å²) in [5.41, 5.74) is 5.01. The van der Waals surface area contributed by atoms with Crippen LogP contribution in [0.15, 0.2) is 60.7 Å². The van der Waals surface area contributed by atoms with Crippen LogP contribution in [0.25, 0.3) is 22.4 Å². The molecule has 1 heterocycles. The molecule has 0 bridgehead atoms. The van der Waals surface area contributed by atoms with Gasteiger partial charge in [0.05, 0.1) is 23.4 Å². The maximum Gasteiger partial charge on any atom is 0.511 e. The number of pyridine rings is 1. The van der Waals surface area contributed by atoms with Crippen LogP contribution in [0.4, 0.5) is 4.39 Å². The average molecular weight is 492 g/mol. The summed E-state index contributed by atoms with van der Waals surface area (Å²) in [6.07, 6.45) is -0.00365. The number of carbonyl (C=O) groups is 1. The standard InChI is InChI=1S/C27H23FNO5P/c28-21-12-10-18(11-13-21)24-16-25(19-5-2-1-3-6-19)29-27(20-8-9-20)23(24)7-4-14-34-35(33)17-22(30)15-26(31)32/h1-3,5-6,10-13,16,20,22,30H,8-9,14-15,17H2/p+1. The molecule has 2 N–H and O–H groups in total. The van der Waals surface area contributed by atoms with Gasteiger partial charge in [0.25, 0.3) is 0 Å². The lowest BCUT2D eigenvalue weighted by atomic mass is 9.95. The third kappa shape index (κ3) is 6.80. The van der Waals surface area contributed by atoms with Gasteiger partial charge in [-0.2, -0.15) is 0 Å². The number of aromatic nitrogens is 1. The van der Waals surface area contributed by atoms with Gasteiger partial charge in [0.1, 0.15) is 11.9 Å². The number of aliphatic hydroxyl groups excluding tert-OH is 1. The minimum atomic E-state index is -2.25. The lowest BCUT2D eigenvalue weighted by Gasteiger charge is -2.13. The van der Waals surface area contributed by atoms with E-state index >= 15 is 0 Å². The number of carboxylic acids is 1. The largest absolute Gasteiger partial charge is 0.511 e. The predicted octanol–water partition coefficient (Wildman–Crippen LogP) is 5.38. The lowest BCUT2D eigenvalue weighted by Crippen LogP contribution is -2.15. The Bertz CT molecular complexity index is 1280. The third-order valence-electron chi connectivity index (χ3n) is 5.50. The van der Waals surface area contributed by atoms with Crippen molar-refractivity contribution in [2.45, 2.75) is 31.3 Å². The average Bonchev–Trinajstić information content (AvgIpc) is 3.67. The van der Waals surface area contributed by atoms with E-state index < -0.39 is 26.5 Å². The highest BCUT2D eigenvalue weighted by Crippen LogP contribution is 2.43. The maximum atomic E-state index is 13.6. The Hall–Kier alpha value is -3.43. The summed E-state index contributed by atoms with van der Waals surface area (Å²) in [6, 6.07) is 18.0. The second kappa shape index (κ2) is 11.3. The van der Waals surface area contributed by atoms with E-state index in [1.54, 1.807) is 12.1 Å². The molecule has 0 saturated heterocycles. The molecule has 2 atom stereocenters. The Morgan fingerprint density at radius 2 is 1.86 bits per heavy atom. The summed E-state index contributed by atoms with van der Waals surface area (Å²) in [4.78, 5) is 15.6. The fraction of sp³-hybridized carbons (Fsp3) is 0.259. The van der Waals surface area contributed by atoms with Gasteiger partial charge in [-0.15, -0.1) is 4.52 Å². The van der Waals surface area contributed by atoms with Crippen molar-refractivity contribution < 1.29 is 28.5 Å². The van der Waals surface area contributed by atoms with Crippen LogP contribution in [0, 0.1) is 17.7 Å². The van der Waals surface area contributed by atoms with E-state index in [9.17, 15) is 18.9 Å². The van der Waals surface area contributed by atoms with Crippen LogP contribution in [0.5, 0.6) is 0 Å². The Labute approximate surface area is 203 Å². The SMILES string of the molecule is O=C(O)CC(O)C[P+](=O)OCC#Cc1c(-c2ccc(F)cc2)cc(-c2ccccc2)nc1C1CC1. The van der Waals surface area contributed by atoms with E-state index in [2.05, 4.69) is 11.8 Å². The van der Waals surface area contributed by atoms with E-state index in [0.29, 0.717) is 0 Å². The zero-order chi connectivity index (χ0) is 24.8. The molecular formula is C27H24FNO5P+. The highest BCUT2D eigenvalue weighted by Gasteiger charge is 2.30. The van der Waals surface area contributed by atoms with Crippen LogP contribution in [0.3, 0.4) is 0 Å². The summed E-state index contributed by atoms with van der Waals surface area (Å²) in [7, 11) is -2.25. The zero-order valence-corrected chi connectivity index (χ0v) is 19.7. The van der Waals surface area contributed by atoms with Crippen molar-refractivity contribution in [1.29, 1.82) is 0 Å². The Morgan fingerprint density at radius 3 is 2.51 bits per heavy atom. The van der Waals surface area contributed by atoms with Crippen molar-refractivity contribution in [2.75, 3.05) is 12.8 Å². The molecule has 0 aliphatic heterocycles. The second-order valence-corrected chi connectivity index (χ2v) is 9.59. The molecule has 1 aromatic heterocycles. The molecule has 1 saturated carbocycles. The van der Waals surface area contributed by atoms with E-state index in [-0.39, 0.29) is 24.5 Å². The van der Waals surface area contributed by atoms with E-state index in [1.807, 2.05) is 36.4 Å². The lowest BCUT2D eigenvalue weighted by molar-refractivity contribution is -0.138. The number of rotatable bonds is 9. The molecule has 0 spiro atoms. The summed E-state index contributed by atoms with van der Waals surface area (Å²) in [5.74, 6) is 4.78. The molecule has 1 fully saturated rings. The number of hydrogen-bond acceptors (Lipinski definition) is 5. The van der Waals surface area contributed by atoms with Gasteiger partial charge >= 0.3 is 14.0 Å². The number of aliphatic carboxylic acids is 1. The Morgan fingerprint density at radius 1 is 1.14 bits per heavy atom. The first-order chi connectivity index (χ1) is 16.9. The highest BCUT2D eigenvalue weighted by molar-refractivity contribution is 7.39. The fourth-order valence-corrected chi connectivity index (χ4v) is 4.47. The first-order valence-corrected chi connectivity index (χ1v) is 12.6. The van der Waals surface area contributed by atoms with Crippen LogP contribution in [-0.4, -0.2) is 40.0 Å². The predicted molar refractivity (Wildman–Crippen MR) is 131 cm³/mol. The summed E-state index contributed by atoms with van der Waals surface area (Å²) in [6.45, 7) is -0.150. The van der Waals surface area contributed by atoms with Crippen molar-refractivity contribution in [3.8, 4) is 34.2 Å². The van der Waals surface area contributed by atoms with Gasteiger partial charge in [0.15, 0.2) is 6.61 Å². The van der Waals surface area contributed by atoms with Gasteiger partial charge < -0.3 is 10.2 Å². The molecule has 1 aliphatic rings. The molecular weight excluding hydrogens is 468 g/mol. The van der Waals surface area contributed by atoms with Crippen LogP contribution in [0.2, 0.25) is 0 Å². The number of hydrogen-bond donors (Lipinski definition) is 2. The molecule has 0 amide bonds. The molecule has 35 heavy (non-hydrogen) atoms. The van der Waals surface area contributed by atoms with Gasteiger partial charge in [0.2, 0.25) is 6.16 Å². The fourth-order valence-electron chi connectivity index (χ4n) is 3.68. The van der Waals surface area contributed by atoms with Crippen molar-refractivity contribution in [1.82, 2.24) is 4.98 Å². The van der Waals surface area contributed by atoms with E-state index in [1.165, 1.54) is 12.1 Å². The zero-order valence-electron chi connectivity index (χ0n) is 18.9. The van der Waals surface area contributed by atoms with E-state index in [4.69, 9.17) is 14.6 Å². The molecule has 0 radical (unpaired) electrons. The molecule has 2 unspecified atom stereocenters. The first-order valence-electron chi connectivity index (χ1n) is 11.2. The minimum Gasteiger partial charge on any atom is -0.481 e. The Kier molecular flexibility index (Phi) is 7.99. The molecule has 8 heteroatoms. The van der Waals surface area contributed by atoms with Crippen molar-refractivity contribution in [3.05, 3.63) is 77.7 Å². The first kappa shape index (κ1) is 24.7. The second-order valence-electron chi connectivity index (χ2n) is 8.30. The number of benzene rings is 2. The van der Waals surface area contributed by atoms with Gasteiger partial charge in [-0.1, -0.05) is 54.3 Å². The van der Waals surface area contributed by atoms with Crippen molar-refractivity contribution in [2.24, 2.45) is 0 Å². The van der Waals surface area contributed by atoms with Crippen molar-refractivity contribution in [3.63, 3.8) is 0 Å². The number of nitrogens with zero attached hydrogens (tertiary/aromatic N) is 1. The molecule has 1 aliphatic carbocycles. The number of carboxylic acid groups (broad SMARTS) is 1. The summed E-state index contributed by atoms with van der Waals surface area (Å²) < 4.78 is 30.8. The number of aliphatic hydroxyl groups is 1. The van der Waals surface area contributed by atoms with Gasteiger partial charge in [-0.05, 0) is 41.2 Å². The monoisotopic (exact) mass is 492 g/mol. The molecule has 178 valence electrons. The minimum absolute atomic E-state index is 0.150. The molecule has 6 nitrogen and oxygen atoms in total. The maximum absolute atomic E-state index is 13.6. The quantitative estimate of drug-likeness (QED) is 0.308. The van der Waals surface area contributed by atoms with Crippen molar-refractivity contribution >= 4 is 14.0 Å². The van der Waals surface area contributed by atoms with Crippen LogP contribution in [-0.2, 0) is 13.9 Å². The topological polar surface area (TPSA) is 96.7 Å². The number of halogens is 1. The third-order valence-corrected chi connectivity index (χ3v) is 6.64. The molecule has 3 aromatic rings. The Balaban J connectivity index is 1.64. The summed E-state index contributed by atoms with van der Waals surface area (Å²) in [5, 5.41) is 18.3. The molecule has 4 rings (SSSR count). The summed E-state index contributed by atoms with van der Waals surface area (Å²) >= 11 is 0. The smallest absolute Gasteiger partial charge is 0.481 e. The van der Waals surface area contributed by atoms with Gasteiger partial charge in [-0.25, -0.2) is 4.39 Å². The van der Waals surface area contributed by atoms with Crippen LogP contribution < -0.4 is 0 Å². The van der Waals surface area contributed by atoms with Gasteiger partial charge in [-0.3, -0.25) is 9.78 Å². The van der Waals surface area contributed by atoms with Crippen LogP contribution in [0.1, 0.15) is 36.4 Å². The van der Waals surface area contributed by atoms with E-state index in [0.717, 1.165) is 46.5 Å². The highest BCUT2D eigenvalue weighted by atomic mass is 31.1. The van der Waals surface area contributed by atoms with Gasteiger partial charge in [0, 0.05) is 17.0 Å². The molecule has 2 aromatic carbocycles. The normalized spacial score (nSPS) is 14.1. The van der Waals surface area contributed by atoms with Crippen LogP contribution >= 0.6 is 8.03 Å².